The Labute approximate surface area is 133 Å². The second-order valence-corrected chi connectivity index (χ2v) is 8.14. The lowest BCUT2D eigenvalue weighted by atomic mass is 9.76. The summed E-state index contributed by atoms with van der Waals surface area (Å²) in [5.41, 5.74) is 0. The van der Waals surface area contributed by atoms with Gasteiger partial charge < -0.3 is 5.32 Å². The molecule has 0 radical (unpaired) electrons. The molecule has 0 aromatic heterocycles. The Bertz CT molecular complexity index is 300. The van der Waals surface area contributed by atoms with E-state index in [1.807, 2.05) is 0 Å². The zero-order valence-electron chi connectivity index (χ0n) is 15.1. The molecule has 21 heavy (non-hydrogen) atoms. The van der Waals surface area contributed by atoms with Gasteiger partial charge >= 0.3 is 0 Å². The number of nitrogens with one attached hydrogen (secondary N) is 1. The van der Waals surface area contributed by atoms with Crippen molar-refractivity contribution in [3.05, 3.63) is 0 Å². The summed E-state index contributed by atoms with van der Waals surface area (Å²) in [6.07, 6.45) is 8.31. The molecule has 2 aliphatic rings. The van der Waals surface area contributed by atoms with Crippen molar-refractivity contribution < 1.29 is 0 Å². The van der Waals surface area contributed by atoms with E-state index < -0.39 is 0 Å². The fourth-order valence-corrected chi connectivity index (χ4v) is 4.66. The van der Waals surface area contributed by atoms with E-state index >= 15 is 0 Å². The molecule has 1 N–H and O–H groups in total. The van der Waals surface area contributed by atoms with E-state index in [4.69, 9.17) is 0 Å². The minimum absolute atomic E-state index is 0.735. The van der Waals surface area contributed by atoms with Gasteiger partial charge in [-0.05, 0) is 69.4 Å². The number of hydrogen-bond acceptors (Lipinski definition) is 2. The van der Waals surface area contributed by atoms with Crippen LogP contribution in [0.25, 0.3) is 0 Å². The topological polar surface area (TPSA) is 15.3 Å². The van der Waals surface area contributed by atoms with E-state index in [0.717, 1.165) is 35.9 Å². The molecule has 2 fully saturated rings. The van der Waals surface area contributed by atoms with Gasteiger partial charge in [-0.25, -0.2) is 0 Å². The third-order valence-corrected chi connectivity index (χ3v) is 5.99. The first kappa shape index (κ1) is 17.3. The lowest BCUT2D eigenvalue weighted by Crippen LogP contribution is -2.56. The van der Waals surface area contributed by atoms with Crippen LogP contribution in [-0.4, -0.2) is 36.1 Å². The molecule has 4 unspecified atom stereocenters. The molecule has 0 aromatic rings. The first-order chi connectivity index (χ1) is 10.0. The van der Waals surface area contributed by atoms with E-state index in [2.05, 4.69) is 44.8 Å². The number of hydrogen-bond donors (Lipinski definition) is 1. The summed E-state index contributed by atoms with van der Waals surface area (Å²) in [6, 6.07) is 2.35. The van der Waals surface area contributed by atoms with Crippen LogP contribution in [0.5, 0.6) is 0 Å². The van der Waals surface area contributed by atoms with Gasteiger partial charge in [-0.3, -0.25) is 4.90 Å². The predicted molar refractivity (Wildman–Crippen MR) is 92.6 cm³/mol. The minimum Gasteiger partial charge on any atom is -0.312 e. The van der Waals surface area contributed by atoms with E-state index in [-0.39, 0.29) is 0 Å². The van der Waals surface area contributed by atoms with Crippen LogP contribution in [0.4, 0.5) is 0 Å². The summed E-state index contributed by atoms with van der Waals surface area (Å²) < 4.78 is 0. The summed E-state index contributed by atoms with van der Waals surface area (Å²) in [5.74, 6) is 2.58. The molecule has 0 spiro atoms. The normalized spacial score (nSPS) is 35.0. The van der Waals surface area contributed by atoms with E-state index in [0.29, 0.717) is 0 Å². The predicted octanol–water partition coefficient (Wildman–Crippen LogP) is 4.30. The largest absolute Gasteiger partial charge is 0.312 e. The Morgan fingerprint density at radius 3 is 2.43 bits per heavy atom. The summed E-state index contributed by atoms with van der Waals surface area (Å²) in [7, 11) is 0. The molecular formula is C19H38N2. The Morgan fingerprint density at radius 2 is 1.81 bits per heavy atom. The number of nitrogens with zero attached hydrogens (tertiary/aromatic N) is 1. The fourth-order valence-electron chi connectivity index (χ4n) is 4.66. The summed E-state index contributed by atoms with van der Waals surface area (Å²) in [6.45, 7) is 14.5. The van der Waals surface area contributed by atoms with Crippen LogP contribution in [0.15, 0.2) is 0 Å². The molecule has 2 rings (SSSR count). The molecule has 0 amide bonds. The smallest absolute Gasteiger partial charge is 0.0255 e. The van der Waals surface area contributed by atoms with Crippen LogP contribution >= 0.6 is 0 Å². The molecule has 1 saturated carbocycles. The highest BCUT2D eigenvalue weighted by Gasteiger charge is 2.40. The standard InChI is InChI=1S/C19H38N2/c1-6-11-20-17-10-9-16(14(2)3)13-19(17)21-12-7-8-18(21)15(4)5/h14-20H,6-13H2,1-5H3. The summed E-state index contributed by atoms with van der Waals surface area (Å²) >= 11 is 0. The van der Waals surface area contributed by atoms with Crippen LogP contribution in [0.1, 0.15) is 73.1 Å². The third kappa shape index (κ3) is 4.22. The first-order valence-corrected chi connectivity index (χ1v) is 9.53. The van der Waals surface area contributed by atoms with Gasteiger partial charge in [-0.2, -0.15) is 0 Å². The van der Waals surface area contributed by atoms with Crippen LogP contribution in [0.3, 0.4) is 0 Å². The highest BCUT2D eigenvalue weighted by molar-refractivity contribution is 4.96. The molecular weight excluding hydrogens is 256 g/mol. The first-order valence-electron chi connectivity index (χ1n) is 9.53. The molecule has 1 saturated heterocycles. The van der Waals surface area contributed by atoms with Crippen LogP contribution in [-0.2, 0) is 0 Å². The van der Waals surface area contributed by atoms with Crippen LogP contribution < -0.4 is 5.32 Å². The van der Waals surface area contributed by atoms with Crippen molar-refractivity contribution in [2.24, 2.45) is 17.8 Å². The van der Waals surface area contributed by atoms with E-state index in [1.54, 1.807) is 0 Å². The Morgan fingerprint density at radius 1 is 1.05 bits per heavy atom. The highest BCUT2D eigenvalue weighted by Crippen LogP contribution is 2.37. The van der Waals surface area contributed by atoms with Crippen molar-refractivity contribution >= 4 is 0 Å². The lowest BCUT2D eigenvalue weighted by molar-refractivity contribution is 0.0593. The summed E-state index contributed by atoms with van der Waals surface area (Å²) in [5, 5.41) is 3.88. The molecule has 0 bridgehead atoms. The second-order valence-electron chi connectivity index (χ2n) is 8.14. The molecule has 2 nitrogen and oxygen atoms in total. The molecule has 1 aliphatic heterocycles. The van der Waals surface area contributed by atoms with Crippen molar-refractivity contribution in [2.75, 3.05) is 13.1 Å². The second kappa shape index (κ2) is 7.97. The van der Waals surface area contributed by atoms with Crippen LogP contribution in [0.2, 0.25) is 0 Å². The molecule has 124 valence electrons. The average molecular weight is 295 g/mol. The maximum Gasteiger partial charge on any atom is 0.0255 e. The van der Waals surface area contributed by atoms with Gasteiger partial charge in [0.15, 0.2) is 0 Å². The van der Waals surface area contributed by atoms with Crippen molar-refractivity contribution in [3.63, 3.8) is 0 Å². The van der Waals surface area contributed by atoms with Gasteiger partial charge in [0.2, 0.25) is 0 Å². The van der Waals surface area contributed by atoms with Crippen LogP contribution in [0, 0.1) is 17.8 Å². The van der Waals surface area contributed by atoms with Gasteiger partial charge in [0.05, 0.1) is 0 Å². The van der Waals surface area contributed by atoms with E-state index in [9.17, 15) is 0 Å². The average Bonchev–Trinajstić information content (AvgIpc) is 2.94. The van der Waals surface area contributed by atoms with E-state index in [1.165, 1.54) is 51.6 Å². The lowest BCUT2D eigenvalue weighted by Gasteiger charge is -2.46. The highest BCUT2D eigenvalue weighted by atomic mass is 15.2. The fraction of sp³-hybridized carbons (Fsp3) is 1.00. The molecule has 4 atom stereocenters. The molecule has 1 heterocycles. The maximum absolute atomic E-state index is 3.88. The quantitative estimate of drug-likeness (QED) is 0.785. The van der Waals surface area contributed by atoms with Gasteiger partial charge in [-0.15, -0.1) is 0 Å². The SMILES string of the molecule is CCCNC1CCC(C(C)C)CC1N1CCCC1C(C)C. The number of rotatable bonds is 6. The molecule has 0 aromatic carbocycles. The van der Waals surface area contributed by atoms with Crippen molar-refractivity contribution in [1.82, 2.24) is 10.2 Å². The minimum atomic E-state index is 0.735. The third-order valence-electron chi connectivity index (χ3n) is 5.99. The van der Waals surface area contributed by atoms with Gasteiger partial charge in [-0.1, -0.05) is 34.6 Å². The van der Waals surface area contributed by atoms with Crippen molar-refractivity contribution in [3.8, 4) is 0 Å². The maximum atomic E-state index is 3.88. The number of likely N-dealkylation sites (tertiary alicyclic amines) is 1. The molecule has 1 aliphatic carbocycles. The Hall–Kier alpha value is -0.0800. The molecule has 2 heteroatoms. The Kier molecular flexibility index (Phi) is 6.55. The summed E-state index contributed by atoms with van der Waals surface area (Å²) in [4.78, 5) is 2.90. The van der Waals surface area contributed by atoms with Gasteiger partial charge in [0.1, 0.15) is 0 Å². The van der Waals surface area contributed by atoms with Gasteiger partial charge in [0, 0.05) is 18.1 Å². The zero-order valence-corrected chi connectivity index (χ0v) is 15.1. The van der Waals surface area contributed by atoms with Crippen molar-refractivity contribution in [2.45, 2.75) is 91.3 Å². The monoisotopic (exact) mass is 294 g/mol. The Balaban J connectivity index is 2.08. The van der Waals surface area contributed by atoms with Gasteiger partial charge in [0.25, 0.3) is 0 Å². The van der Waals surface area contributed by atoms with Crippen molar-refractivity contribution in [1.29, 1.82) is 0 Å². The zero-order chi connectivity index (χ0) is 15.4.